The van der Waals surface area contributed by atoms with Gasteiger partial charge < -0.3 is 5.11 Å². The van der Waals surface area contributed by atoms with Gasteiger partial charge in [-0.3, -0.25) is 9.13 Å². The highest BCUT2D eigenvalue weighted by Crippen LogP contribution is 2.16. The molecule has 1 aromatic heterocycles. The molecule has 2 aromatic carbocycles. The highest BCUT2D eigenvalue weighted by molar-refractivity contribution is 5.33. The molecule has 23 heavy (non-hydrogen) atoms. The summed E-state index contributed by atoms with van der Waals surface area (Å²) < 4.78 is 16.0. The molecule has 1 unspecified atom stereocenters. The van der Waals surface area contributed by atoms with Gasteiger partial charge in [0, 0.05) is 11.9 Å². The zero-order valence-corrected chi connectivity index (χ0v) is 12.7. The molecular weight excluding hydrogens is 295 g/mol. The summed E-state index contributed by atoms with van der Waals surface area (Å²) in [6, 6.07) is 15.0. The van der Waals surface area contributed by atoms with Gasteiger partial charge in [-0.05, 0) is 36.8 Å². The highest BCUT2D eigenvalue weighted by Gasteiger charge is 2.14. The number of hydrogen-bond donors (Lipinski definition) is 1. The van der Waals surface area contributed by atoms with E-state index in [-0.39, 0.29) is 18.1 Å². The predicted octanol–water partition coefficient (Wildman–Crippen LogP) is 2.82. The number of aryl methyl sites for hydroxylation is 1. The normalized spacial score (nSPS) is 12.3. The zero-order valence-electron chi connectivity index (χ0n) is 12.7. The minimum Gasteiger partial charge on any atom is -0.387 e. The van der Waals surface area contributed by atoms with Gasteiger partial charge in [-0.15, -0.1) is 0 Å². The standard InChI is InChI=1S/C18H17FN2O2/c1-13-11-20(12-17(22)14-7-9-15(19)10-8-14)18(23)21(13)16-5-3-2-4-6-16/h2-11,17,22H,12H2,1H3. The number of benzene rings is 2. The van der Waals surface area contributed by atoms with Crippen LogP contribution in [0.3, 0.4) is 0 Å². The molecule has 0 saturated heterocycles. The Kier molecular flexibility index (Phi) is 4.12. The van der Waals surface area contributed by atoms with Gasteiger partial charge in [-0.2, -0.15) is 0 Å². The molecule has 0 radical (unpaired) electrons. The topological polar surface area (TPSA) is 47.2 Å². The quantitative estimate of drug-likeness (QED) is 0.805. The number of rotatable bonds is 4. The number of hydrogen-bond acceptors (Lipinski definition) is 2. The predicted molar refractivity (Wildman–Crippen MR) is 86.1 cm³/mol. The molecule has 3 rings (SSSR count). The van der Waals surface area contributed by atoms with Gasteiger partial charge in [-0.1, -0.05) is 30.3 Å². The third kappa shape index (κ3) is 3.10. The first-order chi connectivity index (χ1) is 11.1. The Bertz CT molecular complexity index is 851. The molecule has 1 N–H and O–H groups in total. The van der Waals surface area contributed by atoms with E-state index in [9.17, 15) is 14.3 Å². The molecule has 0 amide bonds. The lowest BCUT2D eigenvalue weighted by atomic mass is 10.1. The Morgan fingerprint density at radius 1 is 1.09 bits per heavy atom. The van der Waals surface area contributed by atoms with E-state index in [1.165, 1.54) is 28.8 Å². The summed E-state index contributed by atoms with van der Waals surface area (Å²) in [6.45, 7) is 1.96. The molecule has 1 heterocycles. The fourth-order valence-corrected chi connectivity index (χ4v) is 2.62. The van der Waals surface area contributed by atoms with Gasteiger partial charge in [0.05, 0.1) is 18.3 Å². The Hall–Kier alpha value is -2.66. The smallest absolute Gasteiger partial charge is 0.333 e. The van der Waals surface area contributed by atoms with Crippen LogP contribution >= 0.6 is 0 Å². The van der Waals surface area contributed by atoms with E-state index in [0.717, 1.165) is 11.4 Å². The third-order valence-corrected chi connectivity index (χ3v) is 3.77. The second kappa shape index (κ2) is 6.22. The summed E-state index contributed by atoms with van der Waals surface area (Å²) in [5.74, 6) is -0.357. The Labute approximate surface area is 133 Å². The molecule has 0 aliphatic heterocycles. The third-order valence-electron chi connectivity index (χ3n) is 3.77. The molecule has 0 spiro atoms. The number of nitrogens with zero attached hydrogens (tertiary/aromatic N) is 2. The molecule has 0 bridgehead atoms. The molecule has 4 nitrogen and oxygen atoms in total. The Balaban J connectivity index is 1.90. The van der Waals surface area contributed by atoms with Crippen LogP contribution in [0.2, 0.25) is 0 Å². The summed E-state index contributed by atoms with van der Waals surface area (Å²) in [5, 5.41) is 10.3. The van der Waals surface area contributed by atoms with Crippen molar-refractivity contribution in [2.45, 2.75) is 19.6 Å². The van der Waals surface area contributed by atoms with Crippen molar-refractivity contribution < 1.29 is 9.50 Å². The van der Waals surface area contributed by atoms with Crippen molar-refractivity contribution in [1.29, 1.82) is 0 Å². The molecule has 0 aliphatic carbocycles. The van der Waals surface area contributed by atoms with Crippen LogP contribution in [0.1, 0.15) is 17.4 Å². The van der Waals surface area contributed by atoms with Crippen molar-refractivity contribution in [3.63, 3.8) is 0 Å². The highest BCUT2D eigenvalue weighted by atomic mass is 19.1. The molecule has 0 saturated carbocycles. The van der Waals surface area contributed by atoms with Crippen molar-refractivity contribution in [2.24, 2.45) is 0 Å². The van der Waals surface area contributed by atoms with Crippen LogP contribution in [0.25, 0.3) is 5.69 Å². The van der Waals surface area contributed by atoms with E-state index in [2.05, 4.69) is 0 Å². The lowest BCUT2D eigenvalue weighted by Crippen LogP contribution is -2.25. The maximum Gasteiger partial charge on any atom is 0.333 e. The molecule has 0 aliphatic rings. The zero-order chi connectivity index (χ0) is 16.4. The average Bonchev–Trinajstić information content (AvgIpc) is 2.82. The van der Waals surface area contributed by atoms with Crippen molar-refractivity contribution in [3.05, 3.63) is 88.4 Å². The van der Waals surface area contributed by atoms with Crippen LogP contribution in [0.5, 0.6) is 0 Å². The largest absolute Gasteiger partial charge is 0.387 e. The first-order valence-corrected chi connectivity index (χ1v) is 7.34. The van der Waals surface area contributed by atoms with Crippen LogP contribution in [0.4, 0.5) is 4.39 Å². The van der Waals surface area contributed by atoms with E-state index in [4.69, 9.17) is 0 Å². The van der Waals surface area contributed by atoms with E-state index in [0.29, 0.717) is 5.56 Å². The maximum absolute atomic E-state index is 12.9. The second-order valence-corrected chi connectivity index (χ2v) is 5.44. The van der Waals surface area contributed by atoms with Gasteiger partial charge in [0.1, 0.15) is 5.82 Å². The van der Waals surface area contributed by atoms with Crippen molar-refractivity contribution in [1.82, 2.24) is 9.13 Å². The van der Waals surface area contributed by atoms with Gasteiger partial charge in [0.25, 0.3) is 0 Å². The Morgan fingerprint density at radius 2 is 1.74 bits per heavy atom. The SMILES string of the molecule is Cc1cn(CC(O)c2ccc(F)cc2)c(=O)n1-c1ccccc1. The summed E-state index contributed by atoms with van der Waals surface area (Å²) in [6.07, 6.45) is 0.835. The van der Waals surface area contributed by atoms with E-state index in [1.54, 1.807) is 10.8 Å². The summed E-state index contributed by atoms with van der Waals surface area (Å²) >= 11 is 0. The van der Waals surface area contributed by atoms with E-state index < -0.39 is 6.10 Å². The fourth-order valence-electron chi connectivity index (χ4n) is 2.62. The minimum absolute atomic E-state index is 0.116. The molecule has 1 atom stereocenters. The van der Waals surface area contributed by atoms with Gasteiger partial charge in [-0.25, -0.2) is 9.18 Å². The number of aliphatic hydroxyl groups is 1. The van der Waals surface area contributed by atoms with Gasteiger partial charge in [0.15, 0.2) is 0 Å². The molecular formula is C18H17FN2O2. The lowest BCUT2D eigenvalue weighted by molar-refractivity contribution is 0.155. The molecule has 3 aromatic rings. The number of aromatic nitrogens is 2. The number of para-hydroxylation sites is 1. The first-order valence-electron chi connectivity index (χ1n) is 7.34. The van der Waals surface area contributed by atoms with Crippen LogP contribution in [0.15, 0.2) is 65.6 Å². The number of aliphatic hydroxyl groups excluding tert-OH is 1. The maximum atomic E-state index is 12.9. The van der Waals surface area contributed by atoms with E-state index in [1.807, 2.05) is 37.3 Å². The van der Waals surface area contributed by atoms with Crippen molar-refractivity contribution in [3.8, 4) is 5.69 Å². The van der Waals surface area contributed by atoms with Crippen LogP contribution < -0.4 is 5.69 Å². The fraction of sp³-hybridized carbons (Fsp3) is 0.167. The summed E-state index contributed by atoms with van der Waals surface area (Å²) in [5.41, 5.74) is 1.93. The lowest BCUT2D eigenvalue weighted by Gasteiger charge is -2.11. The summed E-state index contributed by atoms with van der Waals surface area (Å²) in [4.78, 5) is 12.6. The Morgan fingerprint density at radius 3 is 2.39 bits per heavy atom. The molecule has 5 heteroatoms. The van der Waals surface area contributed by atoms with Crippen LogP contribution in [-0.4, -0.2) is 14.2 Å². The second-order valence-electron chi connectivity index (χ2n) is 5.44. The monoisotopic (exact) mass is 312 g/mol. The molecule has 0 fully saturated rings. The van der Waals surface area contributed by atoms with Crippen molar-refractivity contribution in [2.75, 3.05) is 0 Å². The van der Waals surface area contributed by atoms with E-state index >= 15 is 0 Å². The van der Waals surface area contributed by atoms with Crippen LogP contribution in [-0.2, 0) is 6.54 Å². The first kappa shape index (κ1) is 15.2. The molecule has 118 valence electrons. The minimum atomic E-state index is -0.876. The van der Waals surface area contributed by atoms with Gasteiger partial charge in [0.2, 0.25) is 0 Å². The average molecular weight is 312 g/mol. The number of halogens is 1. The summed E-state index contributed by atoms with van der Waals surface area (Å²) in [7, 11) is 0. The van der Waals surface area contributed by atoms with Crippen LogP contribution in [0, 0.1) is 12.7 Å². The van der Waals surface area contributed by atoms with Gasteiger partial charge >= 0.3 is 5.69 Å². The number of imidazole rings is 1. The van der Waals surface area contributed by atoms with Crippen molar-refractivity contribution >= 4 is 0 Å².